The van der Waals surface area contributed by atoms with Gasteiger partial charge in [-0.3, -0.25) is 0 Å². The highest BCUT2D eigenvalue weighted by Crippen LogP contribution is 2.26. The van der Waals surface area contributed by atoms with Gasteiger partial charge in [-0.25, -0.2) is 4.98 Å². The first kappa shape index (κ1) is 11.3. The Morgan fingerprint density at radius 2 is 2.00 bits per heavy atom. The summed E-state index contributed by atoms with van der Waals surface area (Å²) in [5.74, 6) is 1.46. The molecule has 18 heavy (non-hydrogen) atoms. The van der Waals surface area contributed by atoms with Gasteiger partial charge >= 0.3 is 0 Å². The molecule has 2 aromatic rings. The molecular formula is C14H16N2O2. The van der Waals surface area contributed by atoms with Crippen LogP contribution in [0, 0.1) is 0 Å². The molecule has 0 saturated heterocycles. The number of rotatable bonds is 3. The molecule has 4 nitrogen and oxygen atoms in total. The van der Waals surface area contributed by atoms with Gasteiger partial charge in [0.05, 0.1) is 12.6 Å². The number of methoxy groups -OCH3 is 1. The minimum absolute atomic E-state index is 0.218. The Kier molecular flexibility index (Phi) is 2.80. The third-order valence-corrected chi connectivity index (χ3v) is 3.29. The molecule has 0 spiro atoms. The zero-order chi connectivity index (χ0) is 12.5. The zero-order valence-corrected chi connectivity index (χ0v) is 10.3. The molecule has 1 heterocycles. The molecule has 2 N–H and O–H groups in total. The van der Waals surface area contributed by atoms with E-state index < -0.39 is 0 Å². The number of fused-ring (bicyclic) bond motifs is 1. The van der Waals surface area contributed by atoms with Crippen molar-refractivity contribution in [2.75, 3.05) is 7.11 Å². The Morgan fingerprint density at radius 1 is 1.22 bits per heavy atom. The van der Waals surface area contributed by atoms with Crippen LogP contribution >= 0.6 is 0 Å². The van der Waals surface area contributed by atoms with Crippen LogP contribution in [0.1, 0.15) is 12.8 Å². The lowest BCUT2D eigenvalue weighted by Crippen LogP contribution is -2.43. The molecule has 1 aliphatic carbocycles. The van der Waals surface area contributed by atoms with Gasteiger partial charge in [-0.15, -0.1) is 0 Å². The van der Waals surface area contributed by atoms with E-state index in [-0.39, 0.29) is 12.1 Å². The van der Waals surface area contributed by atoms with Gasteiger partial charge in [0.15, 0.2) is 0 Å². The number of hydrogen-bond acceptors (Lipinski definition) is 4. The van der Waals surface area contributed by atoms with Gasteiger partial charge in [-0.05, 0) is 31.0 Å². The van der Waals surface area contributed by atoms with Gasteiger partial charge < -0.3 is 15.2 Å². The first-order valence-electron chi connectivity index (χ1n) is 6.11. The predicted molar refractivity (Wildman–Crippen MR) is 69.9 cm³/mol. The van der Waals surface area contributed by atoms with Crippen LogP contribution in [-0.4, -0.2) is 24.2 Å². The zero-order valence-electron chi connectivity index (χ0n) is 10.3. The summed E-state index contributed by atoms with van der Waals surface area (Å²) in [5.41, 5.74) is 6.62. The fourth-order valence-corrected chi connectivity index (χ4v) is 2.14. The molecule has 1 saturated carbocycles. The van der Waals surface area contributed by atoms with Gasteiger partial charge in [0.25, 0.3) is 0 Å². The maximum absolute atomic E-state index is 5.77. The standard InChI is InChI=1S/C14H16N2O2/c1-17-11-4-2-9-3-5-14(16-13(9)8-11)18-12-6-10(15)7-12/h2-5,8,10,12H,6-7,15H2,1H3/t10-,12-. The highest BCUT2D eigenvalue weighted by molar-refractivity contribution is 5.80. The SMILES string of the molecule is COc1ccc2ccc(O[C@H]3C[C@H](N)C3)nc2c1. The lowest BCUT2D eigenvalue weighted by atomic mass is 9.90. The quantitative estimate of drug-likeness (QED) is 0.898. The van der Waals surface area contributed by atoms with E-state index in [2.05, 4.69) is 4.98 Å². The van der Waals surface area contributed by atoms with Crippen molar-refractivity contribution in [3.05, 3.63) is 30.3 Å². The summed E-state index contributed by atoms with van der Waals surface area (Å²) in [4.78, 5) is 4.49. The van der Waals surface area contributed by atoms with Gasteiger partial charge in [0.2, 0.25) is 5.88 Å². The molecule has 4 heteroatoms. The van der Waals surface area contributed by atoms with Crippen LogP contribution in [0.25, 0.3) is 10.9 Å². The fraction of sp³-hybridized carbons (Fsp3) is 0.357. The van der Waals surface area contributed by atoms with Crippen molar-refractivity contribution in [3.8, 4) is 11.6 Å². The van der Waals surface area contributed by atoms with E-state index in [1.165, 1.54) is 0 Å². The van der Waals surface area contributed by atoms with Crippen molar-refractivity contribution in [2.45, 2.75) is 25.0 Å². The minimum atomic E-state index is 0.218. The number of hydrogen-bond donors (Lipinski definition) is 1. The number of nitrogens with zero attached hydrogens (tertiary/aromatic N) is 1. The summed E-state index contributed by atoms with van der Waals surface area (Å²) in [7, 11) is 1.65. The van der Waals surface area contributed by atoms with E-state index in [9.17, 15) is 0 Å². The third-order valence-electron chi connectivity index (χ3n) is 3.29. The van der Waals surface area contributed by atoms with Crippen molar-refractivity contribution in [3.63, 3.8) is 0 Å². The normalized spacial score (nSPS) is 22.6. The Bertz CT molecular complexity index is 565. The fourth-order valence-electron chi connectivity index (χ4n) is 2.14. The number of pyridine rings is 1. The van der Waals surface area contributed by atoms with E-state index >= 15 is 0 Å². The highest BCUT2D eigenvalue weighted by Gasteiger charge is 2.27. The topological polar surface area (TPSA) is 57.4 Å². The number of benzene rings is 1. The van der Waals surface area contributed by atoms with Gasteiger partial charge in [-0.1, -0.05) is 0 Å². The van der Waals surface area contributed by atoms with Gasteiger partial charge in [-0.2, -0.15) is 0 Å². The van der Waals surface area contributed by atoms with E-state index in [1.54, 1.807) is 7.11 Å². The molecule has 3 rings (SSSR count). The summed E-state index contributed by atoms with van der Waals surface area (Å²) in [6.07, 6.45) is 2.05. The molecule has 1 aromatic carbocycles. The van der Waals surface area contributed by atoms with Crippen LogP contribution in [0.2, 0.25) is 0 Å². The van der Waals surface area contributed by atoms with E-state index in [1.807, 2.05) is 30.3 Å². The molecule has 0 bridgehead atoms. The van der Waals surface area contributed by atoms with Crippen LogP contribution in [0.5, 0.6) is 11.6 Å². The van der Waals surface area contributed by atoms with Crippen molar-refractivity contribution >= 4 is 10.9 Å². The maximum Gasteiger partial charge on any atom is 0.214 e. The smallest absolute Gasteiger partial charge is 0.214 e. The summed E-state index contributed by atoms with van der Waals surface area (Å²) in [5, 5.41) is 1.08. The maximum atomic E-state index is 5.77. The largest absolute Gasteiger partial charge is 0.497 e. The van der Waals surface area contributed by atoms with E-state index in [4.69, 9.17) is 15.2 Å². The predicted octanol–water partition coefficient (Wildman–Crippen LogP) is 2.11. The second-order valence-electron chi connectivity index (χ2n) is 4.68. The van der Waals surface area contributed by atoms with E-state index in [0.29, 0.717) is 5.88 Å². The van der Waals surface area contributed by atoms with Crippen molar-refractivity contribution in [2.24, 2.45) is 5.73 Å². The lowest BCUT2D eigenvalue weighted by Gasteiger charge is -2.32. The van der Waals surface area contributed by atoms with Crippen LogP contribution in [0.3, 0.4) is 0 Å². The Hall–Kier alpha value is -1.81. The van der Waals surface area contributed by atoms with Crippen molar-refractivity contribution in [1.29, 1.82) is 0 Å². The minimum Gasteiger partial charge on any atom is -0.497 e. The third kappa shape index (κ3) is 2.11. The first-order valence-corrected chi connectivity index (χ1v) is 6.11. The molecule has 0 radical (unpaired) electrons. The highest BCUT2D eigenvalue weighted by atomic mass is 16.5. The molecule has 1 aliphatic rings. The van der Waals surface area contributed by atoms with Crippen LogP contribution in [0.15, 0.2) is 30.3 Å². The van der Waals surface area contributed by atoms with Crippen LogP contribution in [-0.2, 0) is 0 Å². The Balaban J connectivity index is 1.85. The Labute approximate surface area is 106 Å². The molecule has 1 aromatic heterocycles. The van der Waals surface area contributed by atoms with Crippen molar-refractivity contribution < 1.29 is 9.47 Å². The monoisotopic (exact) mass is 244 g/mol. The molecular weight excluding hydrogens is 228 g/mol. The van der Waals surface area contributed by atoms with Gasteiger partial charge in [0, 0.05) is 23.6 Å². The summed E-state index contributed by atoms with van der Waals surface area (Å²) < 4.78 is 11.0. The Morgan fingerprint density at radius 3 is 2.72 bits per heavy atom. The number of ether oxygens (including phenoxy) is 2. The van der Waals surface area contributed by atoms with Crippen LogP contribution in [0.4, 0.5) is 0 Å². The molecule has 1 fully saturated rings. The van der Waals surface area contributed by atoms with Crippen LogP contribution < -0.4 is 15.2 Å². The number of nitrogens with two attached hydrogens (primary N) is 1. The second-order valence-corrected chi connectivity index (χ2v) is 4.68. The number of aromatic nitrogens is 1. The average molecular weight is 244 g/mol. The van der Waals surface area contributed by atoms with E-state index in [0.717, 1.165) is 29.5 Å². The summed E-state index contributed by atoms with van der Waals surface area (Å²) >= 11 is 0. The molecule has 94 valence electrons. The first-order chi connectivity index (χ1) is 8.74. The molecule has 0 amide bonds. The average Bonchev–Trinajstić information content (AvgIpc) is 2.36. The van der Waals surface area contributed by atoms with Crippen molar-refractivity contribution in [1.82, 2.24) is 4.98 Å². The molecule has 0 atom stereocenters. The molecule has 0 aliphatic heterocycles. The molecule has 0 unspecified atom stereocenters. The van der Waals surface area contributed by atoms with Gasteiger partial charge in [0.1, 0.15) is 11.9 Å². The summed E-state index contributed by atoms with van der Waals surface area (Å²) in [6, 6.07) is 10.0. The second kappa shape index (κ2) is 4.46. The summed E-state index contributed by atoms with van der Waals surface area (Å²) in [6.45, 7) is 0. The lowest BCUT2D eigenvalue weighted by molar-refractivity contribution is 0.0962.